The highest BCUT2D eigenvalue weighted by molar-refractivity contribution is 7.94. The van der Waals surface area contributed by atoms with Gasteiger partial charge in [-0.1, -0.05) is 48.9 Å². The van der Waals surface area contributed by atoms with Crippen LogP contribution in [0.15, 0.2) is 93.1 Å². The molecular weight excluding hydrogens is 583 g/mol. The molecule has 3 aromatic carbocycles. The predicted molar refractivity (Wildman–Crippen MR) is 143 cm³/mol. The van der Waals surface area contributed by atoms with E-state index in [0.717, 1.165) is 39.4 Å². The number of rotatable bonds is 8. The Kier molecular flexibility index (Phi) is 7.38. The van der Waals surface area contributed by atoms with Gasteiger partial charge < -0.3 is 14.4 Å². The van der Waals surface area contributed by atoms with Gasteiger partial charge in [-0.05, 0) is 90.3 Å². The van der Waals surface area contributed by atoms with E-state index in [0.29, 0.717) is 22.2 Å². The van der Waals surface area contributed by atoms with Crippen molar-refractivity contribution in [1.82, 2.24) is 0 Å². The summed E-state index contributed by atoms with van der Waals surface area (Å²) in [7, 11) is -10.6. The number of hydrogen-bond acceptors (Lipinski definition) is 10. The highest BCUT2D eigenvalue weighted by Gasteiger charge is 2.52. The molecule has 0 amide bonds. The van der Waals surface area contributed by atoms with Gasteiger partial charge in [-0.25, -0.2) is 16.8 Å². The minimum Gasteiger partial charge on any atom is -0.744 e. The molecule has 0 saturated carbocycles. The summed E-state index contributed by atoms with van der Waals surface area (Å²) in [6, 6.07) is 19.0. The Hall–Kier alpha value is -2.38. The third kappa shape index (κ3) is 5.13. The Labute approximate surface area is 231 Å². The van der Waals surface area contributed by atoms with Crippen LogP contribution in [0.3, 0.4) is 0 Å². The normalized spacial score (nSPS) is 21.2. The van der Waals surface area contributed by atoms with Gasteiger partial charge in [0.1, 0.15) is 20.2 Å². The maximum atomic E-state index is 11.9. The first-order valence-corrected chi connectivity index (χ1v) is 16.5. The van der Waals surface area contributed by atoms with E-state index in [9.17, 15) is 31.2 Å². The molecule has 5 rings (SSSR count). The maximum absolute atomic E-state index is 11.9. The van der Waals surface area contributed by atoms with Crippen LogP contribution in [-0.2, 0) is 29.6 Å². The van der Waals surface area contributed by atoms with Crippen molar-refractivity contribution in [3.05, 3.63) is 95.1 Å². The summed E-state index contributed by atoms with van der Waals surface area (Å²) < 4.78 is 75.6. The van der Waals surface area contributed by atoms with Crippen LogP contribution in [0.4, 0.5) is 0 Å². The zero-order valence-electron chi connectivity index (χ0n) is 20.5. The van der Waals surface area contributed by atoms with Gasteiger partial charge >= 0.3 is 0 Å². The van der Waals surface area contributed by atoms with E-state index in [4.69, 9.17) is 0 Å². The quantitative estimate of drug-likeness (QED) is 0.118. The van der Waals surface area contributed by atoms with Crippen LogP contribution in [0.25, 0.3) is 16.2 Å². The summed E-state index contributed by atoms with van der Waals surface area (Å²) in [6.07, 6.45) is 0.661. The summed E-state index contributed by atoms with van der Waals surface area (Å²) in [5, 5.41) is 15.6. The molecule has 2 heterocycles. The molecule has 2 aliphatic heterocycles. The zero-order valence-corrected chi connectivity index (χ0v) is 23.8. The van der Waals surface area contributed by atoms with Crippen molar-refractivity contribution in [3.8, 4) is 0 Å². The van der Waals surface area contributed by atoms with Gasteiger partial charge in [0.25, 0.3) is 0 Å². The fourth-order valence-electron chi connectivity index (χ4n) is 5.31. The lowest BCUT2D eigenvalue weighted by molar-refractivity contribution is -0.777. The van der Waals surface area contributed by atoms with E-state index < -0.39 is 33.6 Å². The minimum absolute atomic E-state index is 0.367. The fourth-order valence-corrected chi connectivity index (χ4v) is 10.5. The molecule has 13 heteroatoms. The summed E-state index contributed by atoms with van der Waals surface area (Å²) in [5.74, 6) is 0. The van der Waals surface area contributed by atoms with E-state index in [1.54, 1.807) is 18.2 Å². The molecule has 204 valence electrons. The topological polar surface area (TPSA) is 156 Å². The molecule has 0 spiro atoms. The molecule has 9 nitrogen and oxygen atoms in total. The van der Waals surface area contributed by atoms with Gasteiger partial charge in [0.2, 0.25) is 0 Å². The van der Waals surface area contributed by atoms with Crippen LogP contribution in [0.1, 0.15) is 30.5 Å². The van der Waals surface area contributed by atoms with Crippen LogP contribution in [-0.4, -0.2) is 32.1 Å². The second-order valence-electron chi connectivity index (χ2n) is 9.33. The zero-order chi connectivity index (χ0) is 28.2. The van der Waals surface area contributed by atoms with Crippen molar-refractivity contribution in [2.75, 3.05) is 6.16 Å². The van der Waals surface area contributed by atoms with Crippen LogP contribution in [0, 0.1) is 5.41 Å². The van der Waals surface area contributed by atoms with Crippen molar-refractivity contribution in [3.63, 3.8) is 0 Å². The predicted octanol–water partition coefficient (Wildman–Crippen LogP) is 4.54. The lowest BCUT2D eigenvalue weighted by Crippen LogP contribution is -2.19. The van der Waals surface area contributed by atoms with Crippen molar-refractivity contribution >= 4 is 56.4 Å². The summed E-state index contributed by atoms with van der Waals surface area (Å²) in [5.41, 5.74) is 3.19. The van der Waals surface area contributed by atoms with Crippen LogP contribution >= 0.6 is 20.0 Å². The molecule has 0 aliphatic carbocycles. The van der Waals surface area contributed by atoms with Crippen LogP contribution in [0.2, 0.25) is 0 Å². The van der Waals surface area contributed by atoms with Crippen molar-refractivity contribution in [2.45, 2.75) is 28.5 Å². The molecule has 2 bridgehead atoms. The second kappa shape index (κ2) is 10.2. The molecule has 2 atom stereocenters. The molecule has 0 aromatic heterocycles. The maximum Gasteiger partial charge on any atom is 0.124 e. The highest BCUT2D eigenvalue weighted by Crippen LogP contribution is 2.80. The first-order valence-electron chi connectivity index (χ1n) is 11.4. The number of hydrogen-bond donors (Lipinski definition) is 0. The molecule has 0 saturated heterocycles. The number of benzene rings is 3. The third-order valence-electron chi connectivity index (χ3n) is 7.06. The number of allylic oxidation sites excluding steroid dienone is 2. The molecule has 2 unspecified atom stereocenters. The minimum atomic E-state index is -4.73. The summed E-state index contributed by atoms with van der Waals surface area (Å²) >= 11 is 0.767. The van der Waals surface area contributed by atoms with E-state index in [1.165, 1.54) is 36.4 Å². The highest BCUT2D eigenvalue weighted by atomic mass is 32.2. The average molecular weight is 604 g/mol. The molecule has 39 heavy (non-hydrogen) atoms. The molecule has 0 fully saturated rings. The first-order chi connectivity index (χ1) is 18.3. The molecular formula is C26H20O9PS3-3. The fraction of sp³-hybridized carbons (Fsp3) is 0.154. The van der Waals surface area contributed by atoms with Gasteiger partial charge in [-0.2, -0.15) is 4.33 Å². The smallest absolute Gasteiger partial charge is 0.124 e. The van der Waals surface area contributed by atoms with E-state index in [1.807, 2.05) is 32.0 Å². The van der Waals surface area contributed by atoms with Gasteiger partial charge in [0.15, 0.2) is 0 Å². The first kappa shape index (κ1) is 28.2. The van der Waals surface area contributed by atoms with Gasteiger partial charge in [-0.15, -0.1) is 0 Å². The largest absolute Gasteiger partial charge is 0.744 e. The Morgan fingerprint density at radius 2 is 1.36 bits per heavy atom. The summed E-state index contributed by atoms with van der Waals surface area (Å²) in [6.45, 7) is 4.03. The lowest BCUT2D eigenvalue weighted by atomic mass is 9.73. The van der Waals surface area contributed by atoms with E-state index in [2.05, 4.69) is 9.37 Å². The Bertz CT molecular complexity index is 1760. The molecule has 3 aromatic rings. The second-order valence-corrected chi connectivity index (χ2v) is 14.9. The monoisotopic (exact) mass is 603 g/mol. The Balaban J connectivity index is 1.75. The van der Waals surface area contributed by atoms with Crippen molar-refractivity contribution < 1.29 is 40.6 Å². The van der Waals surface area contributed by atoms with E-state index >= 15 is 0 Å². The number of fused-ring (bicyclic) bond motifs is 2. The van der Waals surface area contributed by atoms with Crippen LogP contribution in [0.5, 0.6) is 0 Å². The van der Waals surface area contributed by atoms with Gasteiger partial charge in [0, 0.05) is 10.3 Å². The van der Waals surface area contributed by atoms with Crippen molar-refractivity contribution in [1.29, 1.82) is 0 Å². The Morgan fingerprint density at radius 1 is 0.821 bits per heavy atom. The standard InChI is InChI=1S/C26H23O9PS3/c1-16-24(18-7-3-9-20(12-18)37-35-34-27)36-15-26(16,2)23(17-6-4-10-21(13-17)38(28,29)30)25(36)19-8-5-11-22(14-19)39(31,32)33/h3-14,27H,15H2,1-2H3,(H,28,29,30)(H,31,32,33)/p-3. The van der Waals surface area contributed by atoms with Gasteiger partial charge in [0.05, 0.1) is 21.8 Å². The summed E-state index contributed by atoms with van der Waals surface area (Å²) in [4.78, 5) is -0.109. The van der Waals surface area contributed by atoms with Gasteiger partial charge in [-0.3, -0.25) is 5.04 Å². The molecule has 0 N–H and O–H groups in total. The van der Waals surface area contributed by atoms with Crippen LogP contribution < -0.4 is 5.26 Å². The average Bonchev–Trinajstić information content (AvgIpc) is 3.34. The third-order valence-corrected chi connectivity index (χ3v) is 12.4. The van der Waals surface area contributed by atoms with Crippen molar-refractivity contribution in [2.24, 2.45) is 5.41 Å². The SMILES string of the molecule is CC1=C(c2cccc(SOO[O-])c2)P2CC1(C)C(c1cccc(S(=O)(=O)[O-])c1)=C2c1cccc(S(=O)(=O)[O-])c1. The molecule has 0 radical (unpaired) electrons. The van der Waals surface area contributed by atoms with E-state index in [-0.39, 0.29) is 9.79 Å². The molecule has 2 aliphatic rings. The Morgan fingerprint density at radius 3 is 1.95 bits per heavy atom. The lowest BCUT2D eigenvalue weighted by Gasteiger charge is -2.32.